The Morgan fingerprint density at radius 2 is 1.69 bits per heavy atom. The third-order valence-corrected chi connectivity index (χ3v) is 2.09. The third kappa shape index (κ3) is 4.67. The molecule has 0 saturated carbocycles. The fraction of sp³-hybridized carbons (Fsp3) is 0.231. The van der Waals surface area contributed by atoms with Crippen LogP contribution in [-0.2, 0) is 23.7 Å². The first-order valence-corrected chi connectivity index (χ1v) is 4.95. The largest absolute Gasteiger partial charge is 0.748 e. The molecule has 0 radical (unpaired) electrons. The van der Waals surface area contributed by atoms with E-state index in [1.807, 2.05) is 67.5 Å². The molecule has 0 aromatic heterocycles. The molecule has 2 aromatic carbocycles. The summed E-state index contributed by atoms with van der Waals surface area (Å²) in [5.41, 5.74) is 2.09. The average molecular weight is 259 g/mol. The van der Waals surface area contributed by atoms with Gasteiger partial charge in [0, 0.05) is 23.7 Å². The number of hydrogen-bond acceptors (Lipinski definition) is 2. The molecule has 0 aliphatic rings. The molecule has 0 atom stereocenters. The molecule has 2 nitrogen and oxygen atoms in total. The topological polar surface area (TPSA) is 23.5 Å². The number of anilines is 1. The van der Waals surface area contributed by atoms with Crippen LogP contribution in [0.25, 0.3) is 0 Å². The van der Waals surface area contributed by atoms with Crippen molar-refractivity contribution in [3.8, 4) is 0 Å². The molecule has 1 N–H and O–H groups in total. The van der Waals surface area contributed by atoms with Crippen molar-refractivity contribution < 1.29 is 22.2 Å². The van der Waals surface area contributed by atoms with E-state index in [1.54, 1.807) is 0 Å². The first kappa shape index (κ1) is 15.0. The molecule has 0 amide bonds. The molecular formula is C13H17FeNO-6. The van der Waals surface area contributed by atoms with Gasteiger partial charge in [0.1, 0.15) is 0 Å². The molecule has 2 rings (SSSR count). The van der Waals surface area contributed by atoms with Crippen molar-refractivity contribution >= 4 is 5.69 Å². The van der Waals surface area contributed by atoms with Crippen LogP contribution in [0, 0.1) is 0 Å². The van der Waals surface area contributed by atoms with Gasteiger partial charge in [-0.15, -0.1) is 5.56 Å². The summed E-state index contributed by atoms with van der Waals surface area (Å²) in [7, 11) is 3.93. The maximum Gasteiger partial charge on any atom is 0.0471 e. The number of nitrogens with zero attached hydrogens (tertiary/aromatic N) is 1. The van der Waals surface area contributed by atoms with Gasteiger partial charge in [0.05, 0.1) is 0 Å². The van der Waals surface area contributed by atoms with Crippen molar-refractivity contribution in [2.24, 2.45) is 0 Å². The van der Waals surface area contributed by atoms with Gasteiger partial charge < -0.3 is 40.3 Å². The molecular weight excluding hydrogens is 242 g/mol. The monoisotopic (exact) mass is 259 g/mol. The Morgan fingerprint density at radius 3 is 2.00 bits per heavy atom. The predicted molar refractivity (Wildman–Crippen MR) is 64.3 cm³/mol. The summed E-state index contributed by atoms with van der Waals surface area (Å²) in [4.78, 5) is 1.99. The summed E-state index contributed by atoms with van der Waals surface area (Å²) in [5, 5.41) is 8.83. The number of aliphatic hydroxyl groups is 1. The van der Waals surface area contributed by atoms with Crippen molar-refractivity contribution in [1.29, 1.82) is 0 Å². The van der Waals surface area contributed by atoms with Gasteiger partial charge in [-0.05, 0) is 14.1 Å². The molecule has 0 bridgehead atoms. The third-order valence-electron chi connectivity index (χ3n) is 2.09. The average Bonchev–Trinajstić information content (AvgIpc) is 2.92. The van der Waals surface area contributed by atoms with E-state index in [9.17, 15) is 0 Å². The quantitative estimate of drug-likeness (QED) is 0.661. The van der Waals surface area contributed by atoms with E-state index in [-0.39, 0.29) is 23.7 Å². The molecule has 2 aromatic rings. The maximum absolute atomic E-state index is 8.83. The zero-order valence-electron chi connectivity index (χ0n) is 9.57. The van der Waals surface area contributed by atoms with Crippen LogP contribution in [-0.4, -0.2) is 19.2 Å². The molecule has 0 spiro atoms. The Labute approximate surface area is 108 Å². The van der Waals surface area contributed by atoms with Crippen molar-refractivity contribution in [3.05, 3.63) is 54.1 Å². The van der Waals surface area contributed by atoms with E-state index < -0.39 is 0 Å². The van der Waals surface area contributed by atoms with E-state index in [0.29, 0.717) is 0 Å². The zero-order chi connectivity index (χ0) is 11.1. The van der Waals surface area contributed by atoms with Gasteiger partial charge >= 0.3 is 0 Å². The first-order chi connectivity index (χ1) is 7.25. The normalized spacial score (nSPS) is 8.69. The van der Waals surface area contributed by atoms with Crippen LogP contribution < -0.4 is 4.90 Å². The van der Waals surface area contributed by atoms with Gasteiger partial charge in [-0.1, -0.05) is 5.69 Å². The number of rotatable bonds is 2. The standard InChI is InChI=1S/C8H12NO.C5H5.Fe/c1-9(2)8-5-3-4-7(8)6-10;1-2-4-5-3-1;/h3-5,10H,6H2,1-2H3;1-5H;/q-1;-5;. The second-order valence-electron chi connectivity index (χ2n) is 3.45. The van der Waals surface area contributed by atoms with Gasteiger partial charge in [-0.2, -0.15) is 6.07 Å². The van der Waals surface area contributed by atoms with E-state index in [0.717, 1.165) is 11.3 Å². The van der Waals surface area contributed by atoms with Crippen LogP contribution in [0.4, 0.5) is 5.69 Å². The Bertz CT molecular complexity index is 334. The van der Waals surface area contributed by atoms with E-state index in [1.165, 1.54) is 0 Å². The minimum Gasteiger partial charge on any atom is -0.748 e. The molecule has 0 heterocycles. The smallest absolute Gasteiger partial charge is 0.0471 e. The van der Waals surface area contributed by atoms with Crippen molar-refractivity contribution in [2.75, 3.05) is 19.0 Å². The van der Waals surface area contributed by atoms with Crippen LogP contribution in [0.2, 0.25) is 0 Å². The molecule has 94 valence electrons. The summed E-state index contributed by atoms with van der Waals surface area (Å²) in [6, 6.07) is 15.9. The second kappa shape index (κ2) is 8.17. The summed E-state index contributed by atoms with van der Waals surface area (Å²) >= 11 is 0. The van der Waals surface area contributed by atoms with Gasteiger partial charge in [0.2, 0.25) is 0 Å². The Balaban J connectivity index is 0.000000318. The van der Waals surface area contributed by atoms with Crippen LogP contribution in [0.5, 0.6) is 0 Å². The van der Waals surface area contributed by atoms with Crippen LogP contribution >= 0.6 is 0 Å². The van der Waals surface area contributed by atoms with Crippen molar-refractivity contribution in [3.63, 3.8) is 0 Å². The molecule has 0 saturated heterocycles. The molecule has 0 unspecified atom stereocenters. The summed E-state index contributed by atoms with van der Waals surface area (Å²) in [5.74, 6) is 0. The Morgan fingerprint density at radius 1 is 1.19 bits per heavy atom. The summed E-state index contributed by atoms with van der Waals surface area (Å²) < 4.78 is 0. The van der Waals surface area contributed by atoms with Crippen molar-refractivity contribution in [1.82, 2.24) is 0 Å². The summed E-state index contributed by atoms with van der Waals surface area (Å²) in [6.07, 6.45) is 0. The molecule has 16 heavy (non-hydrogen) atoms. The fourth-order valence-electron chi connectivity index (χ4n) is 1.34. The molecule has 0 aliphatic heterocycles. The van der Waals surface area contributed by atoms with Crippen molar-refractivity contribution in [2.45, 2.75) is 6.61 Å². The van der Waals surface area contributed by atoms with Crippen LogP contribution in [0.3, 0.4) is 0 Å². The SMILES string of the molecule is CN(C)[c-]1cccc1CO.[Fe].[cH-]1[cH-][cH-][cH-][cH-]1. The van der Waals surface area contributed by atoms with Gasteiger partial charge in [-0.25, -0.2) is 12.1 Å². The van der Waals surface area contributed by atoms with Crippen LogP contribution in [0.15, 0.2) is 48.5 Å². The second-order valence-corrected chi connectivity index (χ2v) is 3.45. The van der Waals surface area contributed by atoms with Gasteiger partial charge in [-0.3, -0.25) is 0 Å². The number of aliphatic hydroxyl groups excluding tert-OH is 1. The molecule has 0 fully saturated rings. The maximum atomic E-state index is 8.83. The van der Waals surface area contributed by atoms with Crippen LogP contribution in [0.1, 0.15) is 5.56 Å². The minimum atomic E-state index is 0. The van der Waals surface area contributed by atoms with Gasteiger partial charge in [0.25, 0.3) is 0 Å². The molecule has 0 aliphatic carbocycles. The Hall–Kier alpha value is -1.02. The summed E-state index contributed by atoms with van der Waals surface area (Å²) in [6.45, 7) is 0.126. The van der Waals surface area contributed by atoms with E-state index >= 15 is 0 Å². The fourth-order valence-corrected chi connectivity index (χ4v) is 1.34. The van der Waals surface area contributed by atoms with E-state index in [4.69, 9.17) is 5.11 Å². The van der Waals surface area contributed by atoms with Gasteiger partial charge in [0.15, 0.2) is 0 Å². The number of hydrogen-bond donors (Lipinski definition) is 1. The first-order valence-electron chi connectivity index (χ1n) is 4.95. The zero-order valence-corrected chi connectivity index (χ0v) is 10.7. The molecule has 3 heteroatoms. The minimum absolute atomic E-state index is 0. The predicted octanol–water partition coefficient (Wildman–Crippen LogP) is 2.37. The Kier molecular flexibility index (Phi) is 7.65. The van der Waals surface area contributed by atoms with E-state index in [2.05, 4.69) is 0 Å².